The van der Waals surface area contributed by atoms with Gasteiger partial charge in [0.2, 0.25) is 0 Å². The van der Waals surface area contributed by atoms with Crippen LogP contribution in [-0.4, -0.2) is 29.9 Å². The van der Waals surface area contributed by atoms with Crippen molar-refractivity contribution < 1.29 is 41.4 Å². The molecule has 1 atom stereocenters. The molecule has 0 saturated heterocycles. The van der Waals surface area contributed by atoms with Gasteiger partial charge in [0.25, 0.3) is 11.9 Å². The Morgan fingerprint density at radius 2 is 1.68 bits per heavy atom. The first-order valence-electron chi connectivity index (χ1n) is 10.8. The van der Waals surface area contributed by atoms with Crippen LogP contribution in [0.2, 0.25) is 0 Å². The molecule has 0 radical (unpaired) electrons. The summed E-state index contributed by atoms with van der Waals surface area (Å²) in [5.74, 6) is -4.09. The van der Waals surface area contributed by atoms with E-state index in [0.29, 0.717) is 11.1 Å². The minimum atomic E-state index is -4.65. The van der Waals surface area contributed by atoms with Gasteiger partial charge in [-0.3, -0.25) is 15.0 Å². The zero-order chi connectivity index (χ0) is 28.6. The molecule has 3 aromatic rings. The molecule has 12 heteroatoms. The number of carbonyl (C=O) groups is 2. The van der Waals surface area contributed by atoms with Crippen LogP contribution in [0.25, 0.3) is 11.1 Å². The number of carboxylic acids is 1. The van der Waals surface area contributed by atoms with Gasteiger partial charge in [-0.25, -0.2) is 8.78 Å². The van der Waals surface area contributed by atoms with Crippen molar-refractivity contribution in [2.45, 2.75) is 25.7 Å². The van der Waals surface area contributed by atoms with Crippen molar-refractivity contribution in [3.05, 3.63) is 94.6 Å². The number of methoxy groups -OCH3 is 1. The Labute approximate surface area is 214 Å². The van der Waals surface area contributed by atoms with Crippen molar-refractivity contribution in [1.29, 1.82) is 5.41 Å². The van der Waals surface area contributed by atoms with Gasteiger partial charge >= 0.3 is 6.18 Å². The maximum atomic E-state index is 15.3. The van der Waals surface area contributed by atoms with E-state index >= 15 is 4.39 Å². The Hall–Kier alpha value is -4.32. The predicted molar refractivity (Wildman–Crippen MR) is 129 cm³/mol. The topological polar surface area (TPSA) is 125 Å². The van der Waals surface area contributed by atoms with Gasteiger partial charge in [0.05, 0.1) is 11.1 Å². The molecule has 202 valence electrons. The van der Waals surface area contributed by atoms with Gasteiger partial charge in [-0.05, 0) is 35.4 Å². The monoisotopic (exact) mass is 537 g/mol. The fraction of sp³-hybridized carbons (Fsp3) is 0.192. The number of carbonyl (C=O) groups excluding carboxylic acids is 1. The summed E-state index contributed by atoms with van der Waals surface area (Å²) >= 11 is 0. The van der Waals surface area contributed by atoms with Crippen molar-refractivity contribution in [3.63, 3.8) is 0 Å². The van der Waals surface area contributed by atoms with E-state index in [2.05, 4.69) is 5.32 Å². The normalized spacial score (nSPS) is 11.7. The summed E-state index contributed by atoms with van der Waals surface area (Å²) in [5.41, 5.74) is 4.36. The van der Waals surface area contributed by atoms with Gasteiger partial charge in [-0.15, -0.1) is 0 Å². The van der Waals surface area contributed by atoms with Gasteiger partial charge in [0, 0.05) is 31.7 Å². The van der Waals surface area contributed by atoms with Crippen molar-refractivity contribution >= 4 is 17.7 Å². The van der Waals surface area contributed by atoms with Crippen molar-refractivity contribution in [3.8, 4) is 11.1 Å². The number of carboxylic acid groups (broad SMARTS) is 1. The van der Waals surface area contributed by atoms with Crippen LogP contribution in [0.4, 0.5) is 22.0 Å². The molecule has 0 fully saturated rings. The Morgan fingerprint density at radius 3 is 2.21 bits per heavy atom. The second kappa shape index (κ2) is 12.8. The van der Waals surface area contributed by atoms with E-state index in [1.54, 1.807) is 24.3 Å². The standard InChI is InChI=1S/C24H20F5N3O2.C2H4O2/c1-34-21(23(33)32-12-13-5-7-14(8-6-13)22(30)31)19-18(25)10-9-17(20(19)26)15-3-2-4-16(11-15)24(27,28)29;1-2(3)4/h2-11,21H,12H2,1H3,(H3,30,31)(H,32,33);1H3,(H,3,4). The zero-order valence-corrected chi connectivity index (χ0v) is 20.2. The number of nitrogens with one attached hydrogen (secondary N) is 2. The van der Waals surface area contributed by atoms with E-state index in [1.807, 2.05) is 0 Å². The number of nitrogens with two attached hydrogens (primary N) is 1. The quantitative estimate of drug-likeness (QED) is 0.191. The van der Waals surface area contributed by atoms with Crippen molar-refractivity contribution in [2.24, 2.45) is 5.73 Å². The molecule has 3 aromatic carbocycles. The lowest BCUT2D eigenvalue weighted by Gasteiger charge is -2.19. The average molecular weight is 537 g/mol. The number of hydrogen-bond acceptors (Lipinski definition) is 4. The Morgan fingerprint density at radius 1 is 1.08 bits per heavy atom. The van der Waals surface area contributed by atoms with Crippen molar-refractivity contribution in [1.82, 2.24) is 5.32 Å². The summed E-state index contributed by atoms with van der Waals surface area (Å²) in [5, 5.41) is 17.3. The number of amides is 1. The molecule has 0 bridgehead atoms. The summed E-state index contributed by atoms with van der Waals surface area (Å²) in [6.45, 7) is 1.08. The summed E-state index contributed by atoms with van der Waals surface area (Å²) in [7, 11) is 1.09. The van der Waals surface area contributed by atoms with E-state index in [1.165, 1.54) is 6.07 Å². The van der Waals surface area contributed by atoms with Crippen LogP contribution in [0, 0.1) is 17.0 Å². The molecule has 38 heavy (non-hydrogen) atoms. The molecule has 7 nitrogen and oxygen atoms in total. The third-order valence-corrected chi connectivity index (χ3v) is 5.10. The van der Waals surface area contributed by atoms with E-state index in [-0.39, 0.29) is 23.5 Å². The van der Waals surface area contributed by atoms with Gasteiger partial charge in [0.1, 0.15) is 17.5 Å². The third kappa shape index (κ3) is 7.84. The van der Waals surface area contributed by atoms with Crippen LogP contribution < -0.4 is 11.1 Å². The molecular formula is C26H24F5N3O4. The molecule has 1 unspecified atom stereocenters. The lowest BCUT2D eigenvalue weighted by molar-refractivity contribution is -0.137. The maximum Gasteiger partial charge on any atom is 0.416 e. The summed E-state index contributed by atoms with van der Waals surface area (Å²) in [4.78, 5) is 21.7. The number of rotatable bonds is 7. The van der Waals surface area contributed by atoms with Crippen LogP contribution in [-0.2, 0) is 27.0 Å². The zero-order valence-electron chi connectivity index (χ0n) is 20.2. The summed E-state index contributed by atoms with van der Waals surface area (Å²) in [6, 6.07) is 12.2. The highest BCUT2D eigenvalue weighted by Gasteiger charge is 2.32. The van der Waals surface area contributed by atoms with Crippen LogP contribution in [0.5, 0.6) is 0 Å². The minimum Gasteiger partial charge on any atom is -0.481 e. The molecule has 0 saturated carbocycles. The highest BCUT2D eigenvalue weighted by Crippen LogP contribution is 2.35. The fourth-order valence-corrected chi connectivity index (χ4v) is 3.34. The number of halogens is 5. The lowest BCUT2D eigenvalue weighted by Crippen LogP contribution is -2.31. The fourth-order valence-electron chi connectivity index (χ4n) is 3.34. The van der Waals surface area contributed by atoms with Gasteiger partial charge in [0.15, 0.2) is 6.10 Å². The molecule has 0 aliphatic rings. The van der Waals surface area contributed by atoms with Gasteiger partial charge in [-0.2, -0.15) is 13.2 Å². The molecule has 0 aliphatic heterocycles. The molecule has 0 aromatic heterocycles. The Balaban J connectivity index is 0.00000118. The van der Waals surface area contributed by atoms with E-state index < -0.39 is 46.9 Å². The number of ether oxygens (including phenoxy) is 1. The van der Waals surface area contributed by atoms with Crippen LogP contribution in [0.1, 0.15) is 35.3 Å². The summed E-state index contributed by atoms with van der Waals surface area (Å²) < 4.78 is 74.1. The van der Waals surface area contributed by atoms with E-state index in [4.69, 9.17) is 25.8 Å². The van der Waals surface area contributed by atoms with E-state index in [0.717, 1.165) is 44.4 Å². The van der Waals surface area contributed by atoms with Crippen LogP contribution >= 0.6 is 0 Å². The molecule has 0 spiro atoms. The van der Waals surface area contributed by atoms with E-state index in [9.17, 15) is 22.4 Å². The molecule has 0 heterocycles. The summed E-state index contributed by atoms with van der Waals surface area (Å²) in [6.07, 6.45) is -6.34. The lowest BCUT2D eigenvalue weighted by atomic mass is 9.97. The molecule has 1 amide bonds. The number of hydrogen-bond donors (Lipinski definition) is 4. The number of nitrogen functional groups attached to an aromatic ring is 1. The molecule has 0 aliphatic carbocycles. The second-order valence-electron chi connectivity index (χ2n) is 7.86. The van der Waals surface area contributed by atoms with Crippen molar-refractivity contribution in [2.75, 3.05) is 7.11 Å². The van der Waals surface area contributed by atoms with Crippen LogP contribution in [0.3, 0.4) is 0 Å². The molecular weight excluding hydrogens is 513 g/mol. The number of amidine groups is 1. The first-order chi connectivity index (χ1) is 17.8. The Bertz CT molecular complexity index is 1310. The second-order valence-corrected chi connectivity index (χ2v) is 7.86. The third-order valence-electron chi connectivity index (χ3n) is 5.10. The predicted octanol–water partition coefficient (Wildman–Crippen LogP) is 5.03. The van der Waals surface area contributed by atoms with Gasteiger partial charge in [-0.1, -0.05) is 36.4 Å². The Kier molecular flexibility index (Phi) is 10.1. The molecule has 3 rings (SSSR count). The van der Waals surface area contributed by atoms with Crippen LogP contribution in [0.15, 0.2) is 60.7 Å². The highest BCUT2D eigenvalue weighted by atomic mass is 19.4. The minimum absolute atomic E-state index is 0.00651. The number of aliphatic carboxylic acids is 1. The number of benzene rings is 3. The maximum absolute atomic E-state index is 15.3. The molecule has 5 N–H and O–H groups in total. The average Bonchev–Trinajstić information content (AvgIpc) is 2.84. The largest absolute Gasteiger partial charge is 0.481 e. The first kappa shape index (κ1) is 29.9. The number of alkyl halides is 3. The smallest absolute Gasteiger partial charge is 0.416 e. The highest BCUT2D eigenvalue weighted by molar-refractivity contribution is 5.94. The SMILES string of the molecule is CC(=O)O.COC(C(=O)NCc1ccc(C(=N)N)cc1)c1c(F)ccc(-c2cccc(C(F)(F)F)c2)c1F. The van der Waals surface area contributed by atoms with Gasteiger partial charge < -0.3 is 20.9 Å². The first-order valence-corrected chi connectivity index (χ1v) is 10.8.